The van der Waals surface area contributed by atoms with E-state index in [1.54, 1.807) is 20.8 Å². The molecule has 93 heavy (non-hydrogen) atoms. The third kappa shape index (κ3) is 33.7. The van der Waals surface area contributed by atoms with E-state index < -0.39 is 165 Å². The van der Waals surface area contributed by atoms with Crippen molar-refractivity contribution in [2.75, 3.05) is 39.6 Å². The van der Waals surface area contributed by atoms with Crippen LogP contribution in [0.3, 0.4) is 0 Å². The summed E-state index contributed by atoms with van der Waals surface area (Å²) in [6.07, 6.45) is -14.5. The number of aliphatic hydroxyl groups is 11. The molecule has 0 bridgehead atoms. The molecule has 0 aliphatic carbocycles. The Morgan fingerprint density at radius 2 is 0.559 bits per heavy atom. The largest absolute Gasteiger partial charge is 0.463 e. The van der Waals surface area contributed by atoms with Gasteiger partial charge in [0.25, 0.3) is 0 Å². The lowest BCUT2D eigenvalue weighted by Gasteiger charge is -2.37. The summed E-state index contributed by atoms with van der Waals surface area (Å²) in [7, 11) is 0. The smallest absolute Gasteiger partial charge is 0.304 e. The maximum atomic E-state index is 11.0. The van der Waals surface area contributed by atoms with E-state index in [4.69, 9.17) is 86.7 Å². The first-order valence-electron chi connectivity index (χ1n) is 30.0. The molecule has 24 atom stereocenters. The van der Waals surface area contributed by atoms with Crippen molar-refractivity contribution >= 4 is 53.7 Å². The molecule has 35 nitrogen and oxygen atoms in total. The zero-order chi connectivity index (χ0) is 71.1. The van der Waals surface area contributed by atoms with E-state index in [0.717, 1.165) is 0 Å². The summed E-state index contributed by atoms with van der Waals surface area (Å²) in [6, 6.07) is 0. The number of ether oxygens (including phenoxy) is 15. The Morgan fingerprint density at radius 3 is 0.935 bits per heavy atom. The minimum Gasteiger partial charge on any atom is -0.463 e. The van der Waals surface area contributed by atoms with Crippen LogP contribution in [0.15, 0.2) is 0 Å². The van der Waals surface area contributed by atoms with Crippen LogP contribution in [0.1, 0.15) is 129 Å². The van der Waals surface area contributed by atoms with Gasteiger partial charge in [0.05, 0.1) is 62.9 Å². The number of esters is 9. The Balaban J connectivity index is 0.000000563. The molecule has 0 spiro atoms. The highest BCUT2D eigenvalue weighted by atomic mass is 16.7. The topological polar surface area (TPSA) is 515 Å². The first-order valence-corrected chi connectivity index (χ1v) is 30.0. The molecule has 6 aliphatic heterocycles. The third-order valence-corrected chi connectivity index (χ3v) is 14.6. The Kier molecular flexibility index (Phi) is 40.1. The van der Waals surface area contributed by atoms with Gasteiger partial charge in [-0.2, -0.15) is 0 Å². The highest BCUT2D eigenvalue weighted by Crippen LogP contribution is 2.30. The maximum Gasteiger partial charge on any atom is 0.304 e. The fourth-order valence-corrected chi connectivity index (χ4v) is 9.47. The average Bonchev–Trinajstić information content (AvgIpc) is 1.08. The summed E-state index contributed by atoms with van der Waals surface area (Å²) in [5, 5.41) is 103. The van der Waals surface area contributed by atoms with E-state index in [2.05, 4.69) is 4.74 Å². The number of carbonyl (C=O) groups excluding carboxylic acids is 9. The van der Waals surface area contributed by atoms with Gasteiger partial charge in [-0.05, 0) is 0 Å². The van der Waals surface area contributed by atoms with Crippen molar-refractivity contribution in [2.24, 2.45) is 23.7 Å². The normalized spacial score (nSPS) is 35.2. The highest BCUT2D eigenvalue weighted by Gasteiger charge is 2.44. The molecule has 0 aromatic rings. The van der Waals surface area contributed by atoms with Crippen molar-refractivity contribution in [1.29, 1.82) is 0 Å². The Bertz CT molecular complexity index is 2260. The lowest BCUT2D eigenvalue weighted by molar-refractivity contribution is -0.255. The second-order valence-electron chi connectivity index (χ2n) is 22.5. The molecule has 35 heteroatoms. The standard InChI is InChI=1S/C12H18O8.C11H18O6.C10H16O7.2C9H16O5.C7H14O4/c1-6(13)17-5-10-12(16)9(18-7(2)14)4-11(20-10)19-8(3)15;1-6-9(14)4-11(16-8(3)13)17-10(6)5-15-7(2)12;1-5(11)15-4-8-10(14)7(16-6(2)12)3-9(13)17-8;1-5-7(13-6(2)11)3-9(12)14-8(5)4-10;1-5-7(12)3-9(13-6(2)11)14-8(5)4-10;1-4-5(9)2-7(10)11-6(4)3-8/h9-12,16H,4-5H2,1-3H3;6,9-11,14H,4-5H2,1-3H3;7-10,13-14H,3-4H2,1-2H3;2*5,7-10,12H,3-4H2,1-2H3;4-10H,2-3H2,1H3. The fraction of sp³-hybridized carbons (Fsp3) is 0.845. The van der Waals surface area contributed by atoms with Gasteiger partial charge in [0.2, 0.25) is 18.9 Å². The van der Waals surface area contributed by atoms with E-state index in [0.29, 0.717) is 0 Å². The van der Waals surface area contributed by atoms with Gasteiger partial charge < -0.3 is 127 Å². The third-order valence-electron chi connectivity index (χ3n) is 14.6. The first kappa shape index (κ1) is 85.6. The molecular formula is C58H98O35. The van der Waals surface area contributed by atoms with Crippen LogP contribution < -0.4 is 0 Å². The Hall–Kier alpha value is -5.45. The lowest BCUT2D eigenvalue weighted by atomic mass is 9.93. The molecule has 0 aromatic heterocycles. The van der Waals surface area contributed by atoms with Crippen molar-refractivity contribution < 1.29 is 170 Å². The SMILES string of the molecule is CC(=O)OC1CC(O)C(C)C(CO)O1.CC(=O)OC1CC(O)OC(CO)C1C.CC(=O)OCC1OC(O)CC(OC(C)=O)C1O.CC(=O)OCC1OC(OC(C)=O)CC(O)C1C.CC(=O)OCC1OC(OC(C)=O)CC(OC(C)=O)C1O.CC1C(O)CC(O)OC1CO. The maximum absolute atomic E-state index is 11.0. The van der Waals surface area contributed by atoms with Gasteiger partial charge in [-0.1, -0.05) is 27.7 Å². The van der Waals surface area contributed by atoms with Crippen molar-refractivity contribution in [3.8, 4) is 0 Å². The van der Waals surface area contributed by atoms with Crippen LogP contribution in [-0.4, -0.2) is 273 Å². The van der Waals surface area contributed by atoms with Crippen LogP contribution >= 0.6 is 0 Å². The van der Waals surface area contributed by atoms with Crippen molar-refractivity contribution in [1.82, 2.24) is 0 Å². The fourth-order valence-electron chi connectivity index (χ4n) is 9.47. The predicted octanol–water partition coefficient (Wildman–Crippen LogP) is -2.92. The summed E-state index contributed by atoms with van der Waals surface area (Å²) < 4.78 is 74.7. The molecule has 6 heterocycles. The average molecular weight is 1360 g/mol. The van der Waals surface area contributed by atoms with Gasteiger partial charge in [-0.15, -0.1) is 0 Å². The molecule has 6 aliphatic rings. The summed E-state index contributed by atoms with van der Waals surface area (Å²) >= 11 is 0. The molecule has 11 N–H and O–H groups in total. The second-order valence-corrected chi connectivity index (χ2v) is 22.5. The summed E-state index contributed by atoms with van der Waals surface area (Å²) in [6.45, 7) is 17.5. The van der Waals surface area contributed by atoms with Gasteiger partial charge in [-0.25, -0.2) is 0 Å². The molecule has 0 radical (unpaired) electrons. The van der Waals surface area contributed by atoms with Crippen molar-refractivity contribution in [3.63, 3.8) is 0 Å². The van der Waals surface area contributed by atoms with Gasteiger partial charge >= 0.3 is 53.7 Å². The first-order chi connectivity index (χ1) is 43.3. The summed E-state index contributed by atoms with van der Waals surface area (Å²) in [4.78, 5) is 97.0. The van der Waals surface area contributed by atoms with E-state index in [-0.39, 0.29) is 114 Å². The monoisotopic (exact) mass is 1350 g/mol. The molecule has 0 aromatic carbocycles. The molecule has 6 rings (SSSR count). The molecule has 6 saturated heterocycles. The Labute approximate surface area is 537 Å². The van der Waals surface area contributed by atoms with Crippen LogP contribution in [0.5, 0.6) is 0 Å². The molecule has 0 amide bonds. The minimum absolute atomic E-state index is 0.0108. The van der Waals surface area contributed by atoms with Crippen LogP contribution in [0.2, 0.25) is 0 Å². The lowest BCUT2D eigenvalue weighted by Crippen LogP contribution is -2.52. The zero-order valence-corrected chi connectivity index (χ0v) is 54.6. The van der Waals surface area contributed by atoms with Gasteiger partial charge in [0.15, 0.2) is 18.9 Å². The summed E-state index contributed by atoms with van der Waals surface area (Å²) in [5.41, 5.74) is 0. The van der Waals surface area contributed by atoms with E-state index in [1.165, 1.54) is 62.3 Å². The second kappa shape index (κ2) is 43.6. The molecule has 24 unspecified atom stereocenters. The molecule has 540 valence electrons. The van der Waals surface area contributed by atoms with Gasteiger partial charge in [-0.3, -0.25) is 43.2 Å². The van der Waals surface area contributed by atoms with Crippen molar-refractivity contribution in [2.45, 2.75) is 252 Å². The van der Waals surface area contributed by atoms with E-state index in [1.807, 2.05) is 6.92 Å². The predicted molar refractivity (Wildman–Crippen MR) is 306 cm³/mol. The number of carbonyl (C=O) groups is 9. The van der Waals surface area contributed by atoms with Crippen molar-refractivity contribution in [3.05, 3.63) is 0 Å². The number of hydrogen-bond donors (Lipinski definition) is 11. The van der Waals surface area contributed by atoms with Crippen LogP contribution in [-0.2, 0) is 114 Å². The minimum atomic E-state index is -1.18. The molecule has 6 fully saturated rings. The zero-order valence-electron chi connectivity index (χ0n) is 54.6. The van der Waals surface area contributed by atoms with Crippen LogP contribution in [0.4, 0.5) is 0 Å². The highest BCUT2D eigenvalue weighted by molar-refractivity contribution is 5.68. The quantitative estimate of drug-likeness (QED) is 0.0578. The molecule has 0 saturated carbocycles. The number of rotatable bonds is 15. The van der Waals surface area contributed by atoms with Gasteiger partial charge in [0.1, 0.15) is 68.7 Å². The number of hydrogen-bond acceptors (Lipinski definition) is 35. The van der Waals surface area contributed by atoms with Crippen LogP contribution in [0, 0.1) is 23.7 Å². The van der Waals surface area contributed by atoms with E-state index >= 15 is 0 Å². The van der Waals surface area contributed by atoms with Crippen LogP contribution in [0.25, 0.3) is 0 Å². The Morgan fingerprint density at radius 1 is 0.301 bits per heavy atom. The molecular weight excluding hydrogens is 1260 g/mol. The van der Waals surface area contributed by atoms with Gasteiger partial charge in [0, 0.05) is 118 Å². The van der Waals surface area contributed by atoms with E-state index in [9.17, 15) is 78.9 Å². The summed E-state index contributed by atoms with van der Waals surface area (Å²) in [5.74, 6) is -5.03. The number of aliphatic hydroxyl groups excluding tert-OH is 11.